The quantitative estimate of drug-likeness (QED) is 0.828. The van der Waals surface area contributed by atoms with Gasteiger partial charge in [0.15, 0.2) is 0 Å². The minimum absolute atomic E-state index is 0.0428. The van der Waals surface area contributed by atoms with Gasteiger partial charge in [0.1, 0.15) is 4.90 Å². The van der Waals surface area contributed by atoms with Crippen molar-refractivity contribution < 1.29 is 8.42 Å². The molecule has 0 spiro atoms. The van der Waals surface area contributed by atoms with E-state index in [9.17, 15) is 8.42 Å². The van der Waals surface area contributed by atoms with Gasteiger partial charge in [-0.25, -0.2) is 13.1 Å². The summed E-state index contributed by atoms with van der Waals surface area (Å²) in [6.45, 7) is 6.88. The highest BCUT2D eigenvalue weighted by atomic mass is 32.2. The standard InChI is InChI=1S/C14H26N4O2S/c1-10-6-4-7-13(10)17-21(19,20)14-11(2)16-18(12(14)3)9-5-8-15/h10,13,17H,4-9,15H2,1-3H3. The number of aryl methyl sites for hydroxylation is 2. The van der Waals surface area contributed by atoms with Gasteiger partial charge < -0.3 is 5.73 Å². The van der Waals surface area contributed by atoms with E-state index in [0.717, 1.165) is 25.7 Å². The summed E-state index contributed by atoms with van der Waals surface area (Å²) in [6, 6.07) is 0.0428. The summed E-state index contributed by atoms with van der Waals surface area (Å²) < 4.78 is 30.0. The molecule has 1 saturated carbocycles. The van der Waals surface area contributed by atoms with Crippen LogP contribution in [0.5, 0.6) is 0 Å². The second-order valence-corrected chi connectivity index (χ2v) is 7.65. The van der Waals surface area contributed by atoms with E-state index in [1.54, 1.807) is 11.6 Å². The van der Waals surface area contributed by atoms with E-state index < -0.39 is 10.0 Å². The van der Waals surface area contributed by atoms with Crippen LogP contribution in [0, 0.1) is 19.8 Å². The molecule has 1 aromatic rings. The van der Waals surface area contributed by atoms with Crippen molar-refractivity contribution in [2.24, 2.45) is 11.7 Å². The van der Waals surface area contributed by atoms with Crippen molar-refractivity contribution in [3.63, 3.8) is 0 Å². The lowest BCUT2D eigenvalue weighted by molar-refractivity contribution is 0.476. The molecule has 7 heteroatoms. The molecule has 6 nitrogen and oxygen atoms in total. The molecule has 1 fully saturated rings. The van der Waals surface area contributed by atoms with Gasteiger partial charge in [-0.3, -0.25) is 4.68 Å². The number of rotatable bonds is 6. The molecule has 1 aliphatic carbocycles. The van der Waals surface area contributed by atoms with Crippen molar-refractivity contribution in [3.8, 4) is 0 Å². The van der Waals surface area contributed by atoms with Crippen LogP contribution in [0.2, 0.25) is 0 Å². The molecule has 0 aromatic carbocycles. The maximum Gasteiger partial charge on any atom is 0.244 e. The first-order chi connectivity index (χ1) is 9.86. The lowest BCUT2D eigenvalue weighted by Gasteiger charge is -2.17. The molecule has 1 aliphatic rings. The number of aromatic nitrogens is 2. The molecule has 1 aromatic heterocycles. The zero-order chi connectivity index (χ0) is 15.6. The fourth-order valence-corrected chi connectivity index (χ4v) is 4.90. The minimum Gasteiger partial charge on any atom is -0.330 e. The van der Waals surface area contributed by atoms with E-state index in [1.165, 1.54) is 0 Å². The van der Waals surface area contributed by atoms with E-state index in [-0.39, 0.29) is 6.04 Å². The third-order valence-corrected chi connectivity index (χ3v) is 6.07. The predicted molar refractivity (Wildman–Crippen MR) is 82.5 cm³/mol. The van der Waals surface area contributed by atoms with Gasteiger partial charge >= 0.3 is 0 Å². The van der Waals surface area contributed by atoms with Gasteiger partial charge in [-0.05, 0) is 45.6 Å². The molecular weight excluding hydrogens is 288 g/mol. The van der Waals surface area contributed by atoms with Crippen LogP contribution in [0.25, 0.3) is 0 Å². The second kappa shape index (κ2) is 6.46. The Bertz CT molecular complexity index is 594. The van der Waals surface area contributed by atoms with Crippen molar-refractivity contribution in [1.82, 2.24) is 14.5 Å². The molecule has 0 saturated heterocycles. The van der Waals surface area contributed by atoms with Crippen LogP contribution in [0.1, 0.15) is 44.0 Å². The fraction of sp³-hybridized carbons (Fsp3) is 0.786. The van der Waals surface area contributed by atoms with Crippen molar-refractivity contribution in [3.05, 3.63) is 11.4 Å². The second-order valence-electron chi connectivity index (χ2n) is 6.00. The van der Waals surface area contributed by atoms with Gasteiger partial charge in [-0.2, -0.15) is 5.10 Å². The lowest BCUT2D eigenvalue weighted by Crippen LogP contribution is -2.36. The van der Waals surface area contributed by atoms with Crippen LogP contribution in [0.3, 0.4) is 0 Å². The Labute approximate surface area is 127 Å². The Kier molecular flexibility index (Phi) is 5.06. The smallest absolute Gasteiger partial charge is 0.244 e. The number of nitrogens with one attached hydrogen (secondary N) is 1. The largest absolute Gasteiger partial charge is 0.330 e. The van der Waals surface area contributed by atoms with Crippen LogP contribution in [0.4, 0.5) is 0 Å². The maximum absolute atomic E-state index is 12.7. The minimum atomic E-state index is -3.51. The first-order valence-corrected chi connectivity index (χ1v) is 9.11. The zero-order valence-corrected chi connectivity index (χ0v) is 13.9. The van der Waals surface area contributed by atoms with E-state index in [0.29, 0.717) is 35.3 Å². The molecule has 0 aliphatic heterocycles. The highest BCUT2D eigenvalue weighted by molar-refractivity contribution is 7.89. The van der Waals surface area contributed by atoms with Crippen LogP contribution in [-0.4, -0.2) is 30.8 Å². The molecule has 3 N–H and O–H groups in total. The van der Waals surface area contributed by atoms with Crippen molar-refractivity contribution in [2.75, 3.05) is 6.54 Å². The molecule has 2 atom stereocenters. The first-order valence-electron chi connectivity index (χ1n) is 7.63. The molecule has 0 amide bonds. The fourth-order valence-electron chi connectivity index (χ4n) is 3.11. The summed E-state index contributed by atoms with van der Waals surface area (Å²) in [5.74, 6) is 0.396. The van der Waals surface area contributed by atoms with Gasteiger partial charge in [-0.1, -0.05) is 13.3 Å². The van der Waals surface area contributed by atoms with Gasteiger partial charge in [0.2, 0.25) is 10.0 Å². The van der Waals surface area contributed by atoms with E-state index in [1.807, 2.05) is 6.92 Å². The lowest BCUT2D eigenvalue weighted by atomic mass is 10.1. The van der Waals surface area contributed by atoms with Crippen LogP contribution < -0.4 is 10.5 Å². The molecule has 21 heavy (non-hydrogen) atoms. The molecule has 2 unspecified atom stereocenters. The van der Waals surface area contributed by atoms with Crippen LogP contribution >= 0.6 is 0 Å². The van der Waals surface area contributed by atoms with E-state index in [4.69, 9.17) is 5.73 Å². The van der Waals surface area contributed by atoms with E-state index >= 15 is 0 Å². The molecule has 1 heterocycles. The van der Waals surface area contributed by atoms with Gasteiger partial charge in [0, 0.05) is 12.6 Å². The summed E-state index contributed by atoms with van der Waals surface area (Å²) in [7, 11) is -3.51. The third kappa shape index (κ3) is 3.46. The molecule has 0 bridgehead atoms. The SMILES string of the molecule is Cc1nn(CCCN)c(C)c1S(=O)(=O)NC1CCCC1C. The predicted octanol–water partition coefficient (Wildman–Crippen LogP) is 1.32. The Morgan fingerprint density at radius 3 is 2.67 bits per heavy atom. The molecule has 120 valence electrons. The van der Waals surface area contributed by atoms with Crippen LogP contribution in [-0.2, 0) is 16.6 Å². The Morgan fingerprint density at radius 1 is 1.38 bits per heavy atom. The average Bonchev–Trinajstić information content (AvgIpc) is 2.91. The Morgan fingerprint density at radius 2 is 2.10 bits per heavy atom. The number of hydrogen-bond donors (Lipinski definition) is 2. The summed E-state index contributed by atoms with van der Waals surface area (Å²) in [5.41, 5.74) is 6.76. The topological polar surface area (TPSA) is 90.0 Å². The van der Waals surface area contributed by atoms with Crippen LogP contribution in [0.15, 0.2) is 4.90 Å². The number of hydrogen-bond acceptors (Lipinski definition) is 4. The molecule has 0 radical (unpaired) electrons. The van der Waals surface area contributed by atoms with Gasteiger partial charge in [0.05, 0.1) is 11.4 Å². The zero-order valence-electron chi connectivity index (χ0n) is 13.1. The van der Waals surface area contributed by atoms with Crippen molar-refractivity contribution >= 4 is 10.0 Å². The monoisotopic (exact) mass is 314 g/mol. The normalized spacial score (nSPS) is 22.9. The Balaban J connectivity index is 2.25. The molecular formula is C14H26N4O2S. The summed E-state index contributed by atoms with van der Waals surface area (Å²) >= 11 is 0. The number of sulfonamides is 1. The van der Waals surface area contributed by atoms with Gasteiger partial charge in [0.25, 0.3) is 0 Å². The number of nitrogens with two attached hydrogens (primary N) is 1. The summed E-state index contributed by atoms with van der Waals surface area (Å²) in [4.78, 5) is 0.332. The summed E-state index contributed by atoms with van der Waals surface area (Å²) in [5, 5.41) is 4.35. The van der Waals surface area contributed by atoms with Crippen molar-refractivity contribution in [1.29, 1.82) is 0 Å². The van der Waals surface area contributed by atoms with Gasteiger partial charge in [-0.15, -0.1) is 0 Å². The third-order valence-electron chi connectivity index (χ3n) is 4.33. The highest BCUT2D eigenvalue weighted by Gasteiger charge is 2.31. The maximum atomic E-state index is 12.7. The first kappa shape index (κ1) is 16.5. The van der Waals surface area contributed by atoms with Crippen molar-refractivity contribution in [2.45, 2.75) is 63.9 Å². The average molecular weight is 314 g/mol. The Hall–Kier alpha value is -0.920. The van der Waals surface area contributed by atoms with E-state index in [2.05, 4.69) is 16.7 Å². The highest BCUT2D eigenvalue weighted by Crippen LogP contribution is 2.27. The molecule has 2 rings (SSSR count). The summed E-state index contributed by atoms with van der Waals surface area (Å²) in [6.07, 6.45) is 3.87. The number of nitrogens with zero attached hydrogens (tertiary/aromatic N) is 2.